The van der Waals surface area contributed by atoms with Gasteiger partial charge in [-0.25, -0.2) is 4.79 Å². The minimum absolute atomic E-state index is 0.224. The second-order valence-corrected chi connectivity index (χ2v) is 8.49. The van der Waals surface area contributed by atoms with Gasteiger partial charge in [-0.05, 0) is 56.9 Å². The normalized spacial score (nSPS) is 20.9. The molecule has 5 nitrogen and oxygen atoms in total. The number of nitrogens with zero attached hydrogens (tertiary/aromatic N) is 2. The fraction of sp³-hybridized carbons (Fsp3) is 0.667. The molecule has 1 aliphatic carbocycles. The molecular weight excluding hydrogens is 354 g/mol. The van der Waals surface area contributed by atoms with Crippen molar-refractivity contribution in [1.29, 1.82) is 0 Å². The number of nitrogens with one attached hydrogen (secondary N) is 1. The second kappa shape index (κ2) is 8.01. The van der Waals surface area contributed by atoms with Crippen molar-refractivity contribution >= 4 is 39.6 Å². The van der Waals surface area contributed by atoms with E-state index in [4.69, 9.17) is 17.0 Å². The maximum atomic E-state index is 12.6. The van der Waals surface area contributed by atoms with E-state index < -0.39 is 0 Å². The van der Waals surface area contributed by atoms with Crippen LogP contribution >= 0.6 is 23.6 Å². The smallest absolute Gasteiger partial charge is 0.341 e. The first-order valence-corrected chi connectivity index (χ1v) is 10.3. The molecule has 138 valence electrons. The number of esters is 1. The highest BCUT2D eigenvalue weighted by Gasteiger charge is 2.29. The van der Waals surface area contributed by atoms with Gasteiger partial charge in [-0.2, -0.15) is 0 Å². The Morgan fingerprint density at radius 2 is 2.08 bits per heavy atom. The van der Waals surface area contributed by atoms with E-state index >= 15 is 0 Å². The average Bonchev–Trinajstić information content (AvgIpc) is 2.92. The number of rotatable bonds is 3. The van der Waals surface area contributed by atoms with Crippen LogP contribution in [-0.4, -0.2) is 60.7 Å². The molecule has 1 aromatic heterocycles. The summed E-state index contributed by atoms with van der Waals surface area (Å²) in [5.41, 5.74) is 1.88. The van der Waals surface area contributed by atoms with Crippen molar-refractivity contribution in [1.82, 2.24) is 9.80 Å². The molecule has 3 rings (SSSR count). The standard InChI is InChI=1S/C18H27N3O2S2/c1-4-23-17(22)15-13-6-5-12(2)11-14(13)25-16(15)19-18(24)21-9-7-20(3)8-10-21/h12H,4-11H2,1-3H3,(H,19,24)/t12-/m0/s1. The first-order valence-electron chi connectivity index (χ1n) is 9.05. The lowest BCUT2D eigenvalue weighted by Gasteiger charge is -2.34. The molecule has 0 amide bonds. The lowest BCUT2D eigenvalue weighted by molar-refractivity contribution is 0.0526. The molecule has 1 aromatic rings. The van der Waals surface area contributed by atoms with Crippen LogP contribution in [0.5, 0.6) is 0 Å². The second-order valence-electron chi connectivity index (χ2n) is 7.00. The molecule has 2 aliphatic rings. The van der Waals surface area contributed by atoms with Crippen molar-refractivity contribution in [3.63, 3.8) is 0 Å². The maximum Gasteiger partial charge on any atom is 0.341 e. The van der Waals surface area contributed by atoms with Crippen molar-refractivity contribution in [2.45, 2.75) is 33.1 Å². The number of hydrogen-bond donors (Lipinski definition) is 1. The highest BCUT2D eigenvalue weighted by atomic mass is 32.1. The Morgan fingerprint density at radius 3 is 2.76 bits per heavy atom. The van der Waals surface area contributed by atoms with Gasteiger partial charge in [-0.1, -0.05) is 6.92 Å². The molecule has 0 aromatic carbocycles. The zero-order valence-electron chi connectivity index (χ0n) is 15.3. The van der Waals surface area contributed by atoms with E-state index in [9.17, 15) is 4.79 Å². The average molecular weight is 382 g/mol. The number of carbonyl (C=O) groups is 1. The molecule has 0 spiro atoms. The van der Waals surface area contributed by atoms with E-state index in [0.29, 0.717) is 23.2 Å². The van der Waals surface area contributed by atoms with Crippen LogP contribution in [0.3, 0.4) is 0 Å². The zero-order valence-corrected chi connectivity index (χ0v) is 16.9. The van der Waals surface area contributed by atoms with E-state index in [0.717, 1.165) is 50.4 Å². The minimum atomic E-state index is -0.224. The first kappa shape index (κ1) is 18.6. The summed E-state index contributed by atoms with van der Waals surface area (Å²) in [4.78, 5) is 18.4. The number of fused-ring (bicyclic) bond motifs is 1. The Labute approximate surface area is 159 Å². The quantitative estimate of drug-likeness (QED) is 0.641. The highest BCUT2D eigenvalue weighted by molar-refractivity contribution is 7.80. The molecular formula is C18H27N3O2S2. The van der Waals surface area contributed by atoms with Crippen LogP contribution in [0, 0.1) is 5.92 Å². The van der Waals surface area contributed by atoms with Gasteiger partial charge < -0.3 is 19.9 Å². The number of piperazine rings is 1. The SMILES string of the molecule is CCOC(=O)c1c(NC(=S)N2CCN(C)CC2)sc2c1CC[C@H](C)C2. The molecule has 0 unspecified atom stereocenters. The molecule has 0 radical (unpaired) electrons. The molecule has 7 heteroatoms. The topological polar surface area (TPSA) is 44.8 Å². The van der Waals surface area contributed by atoms with Gasteiger partial charge in [-0.3, -0.25) is 0 Å². The zero-order chi connectivity index (χ0) is 18.0. The monoisotopic (exact) mass is 381 g/mol. The van der Waals surface area contributed by atoms with Crippen LogP contribution in [0.15, 0.2) is 0 Å². The lowest BCUT2D eigenvalue weighted by Crippen LogP contribution is -2.48. The molecule has 1 N–H and O–H groups in total. The van der Waals surface area contributed by atoms with Crippen molar-refractivity contribution in [2.75, 3.05) is 45.2 Å². The summed E-state index contributed by atoms with van der Waals surface area (Å²) in [7, 11) is 2.13. The predicted octanol–water partition coefficient (Wildman–Crippen LogP) is 2.99. The molecule has 0 saturated carbocycles. The van der Waals surface area contributed by atoms with Crippen LogP contribution in [-0.2, 0) is 17.6 Å². The fourth-order valence-corrected chi connectivity index (χ4v) is 5.19. The molecule has 1 saturated heterocycles. The molecule has 1 fully saturated rings. The Balaban J connectivity index is 1.82. The largest absolute Gasteiger partial charge is 0.462 e. The third kappa shape index (κ3) is 4.15. The molecule has 1 atom stereocenters. The summed E-state index contributed by atoms with van der Waals surface area (Å²) < 4.78 is 5.33. The van der Waals surface area contributed by atoms with E-state index in [2.05, 4.69) is 29.1 Å². The molecule has 1 aliphatic heterocycles. The van der Waals surface area contributed by atoms with Crippen LogP contribution in [0.1, 0.15) is 41.1 Å². The fourth-order valence-electron chi connectivity index (χ4n) is 3.44. The van der Waals surface area contributed by atoms with Crippen LogP contribution < -0.4 is 5.32 Å². The number of hydrogen-bond acceptors (Lipinski definition) is 5. The van der Waals surface area contributed by atoms with Gasteiger partial charge in [0.05, 0.1) is 12.2 Å². The van der Waals surface area contributed by atoms with Gasteiger partial charge in [-0.15, -0.1) is 11.3 Å². The number of thiocarbonyl (C=S) groups is 1. The van der Waals surface area contributed by atoms with Gasteiger partial charge in [0, 0.05) is 31.1 Å². The summed E-state index contributed by atoms with van der Waals surface area (Å²) in [6, 6.07) is 0. The van der Waals surface area contributed by atoms with E-state index in [1.54, 1.807) is 11.3 Å². The van der Waals surface area contributed by atoms with Crippen LogP contribution in [0.4, 0.5) is 5.00 Å². The summed E-state index contributed by atoms with van der Waals surface area (Å²) >= 11 is 7.30. The summed E-state index contributed by atoms with van der Waals surface area (Å²) in [6.07, 6.45) is 3.11. The Bertz CT molecular complexity index is 651. The van der Waals surface area contributed by atoms with Crippen molar-refractivity contribution < 1.29 is 9.53 Å². The Morgan fingerprint density at radius 1 is 1.36 bits per heavy atom. The molecule has 25 heavy (non-hydrogen) atoms. The van der Waals surface area contributed by atoms with Gasteiger partial charge >= 0.3 is 5.97 Å². The highest BCUT2D eigenvalue weighted by Crippen LogP contribution is 2.40. The molecule has 0 bridgehead atoms. The number of ether oxygens (including phenoxy) is 1. The molecule has 2 heterocycles. The van der Waals surface area contributed by atoms with Gasteiger partial charge in [0.2, 0.25) is 0 Å². The Kier molecular flexibility index (Phi) is 5.96. The van der Waals surface area contributed by atoms with Crippen LogP contribution in [0.2, 0.25) is 0 Å². The van der Waals surface area contributed by atoms with E-state index in [1.165, 1.54) is 10.4 Å². The van der Waals surface area contributed by atoms with Gasteiger partial charge in [0.25, 0.3) is 0 Å². The van der Waals surface area contributed by atoms with Gasteiger partial charge in [0.15, 0.2) is 5.11 Å². The summed E-state index contributed by atoms with van der Waals surface area (Å²) in [5.74, 6) is 0.442. The third-order valence-electron chi connectivity index (χ3n) is 5.00. The van der Waals surface area contributed by atoms with Crippen molar-refractivity contribution in [3.8, 4) is 0 Å². The number of carbonyl (C=O) groups excluding carboxylic acids is 1. The number of thiophene rings is 1. The van der Waals surface area contributed by atoms with Crippen molar-refractivity contribution in [2.24, 2.45) is 5.92 Å². The van der Waals surface area contributed by atoms with Crippen molar-refractivity contribution in [3.05, 3.63) is 16.0 Å². The van der Waals surface area contributed by atoms with Gasteiger partial charge in [0.1, 0.15) is 5.00 Å². The minimum Gasteiger partial charge on any atom is -0.462 e. The summed E-state index contributed by atoms with van der Waals surface area (Å²) in [6.45, 7) is 8.35. The van der Waals surface area contributed by atoms with Crippen LogP contribution in [0.25, 0.3) is 0 Å². The van der Waals surface area contributed by atoms with E-state index in [-0.39, 0.29) is 5.97 Å². The predicted molar refractivity (Wildman–Crippen MR) is 107 cm³/mol. The maximum absolute atomic E-state index is 12.6. The number of likely N-dealkylation sites (N-methyl/N-ethyl adjacent to an activating group) is 1. The number of anilines is 1. The van der Waals surface area contributed by atoms with E-state index in [1.807, 2.05) is 6.92 Å². The Hall–Kier alpha value is -1.18. The third-order valence-corrected chi connectivity index (χ3v) is 6.53. The summed E-state index contributed by atoms with van der Waals surface area (Å²) in [5, 5.41) is 4.94. The lowest BCUT2D eigenvalue weighted by atomic mass is 9.88. The first-order chi connectivity index (χ1) is 12.0.